The number of nitrogens with one attached hydrogen (secondary N) is 1. The van der Waals surface area contributed by atoms with Crippen LogP contribution >= 0.6 is 0 Å². The molecule has 0 fully saturated rings. The molecular formula is C16H22N2O5S. The second-order valence-electron chi connectivity index (χ2n) is 5.81. The Hall–Kier alpha value is -1.93. The monoisotopic (exact) mass is 354 g/mol. The number of ether oxygens (including phenoxy) is 1. The topological polar surface area (TPSA) is 92.8 Å². The fourth-order valence-electron chi connectivity index (χ4n) is 2.68. The van der Waals surface area contributed by atoms with Crippen LogP contribution < -0.4 is 5.32 Å². The Bertz CT molecular complexity index is 717. The van der Waals surface area contributed by atoms with E-state index in [2.05, 4.69) is 5.32 Å². The van der Waals surface area contributed by atoms with Crippen LogP contribution in [-0.4, -0.2) is 63.4 Å². The van der Waals surface area contributed by atoms with Gasteiger partial charge in [-0.3, -0.25) is 9.59 Å². The van der Waals surface area contributed by atoms with Crippen molar-refractivity contribution in [3.63, 3.8) is 0 Å². The highest BCUT2D eigenvalue weighted by Gasteiger charge is 2.36. The summed E-state index contributed by atoms with van der Waals surface area (Å²) in [5.41, 5.74) is 1.41. The molecule has 0 radical (unpaired) electrons. The lowest BCUT2D eigenvalue weighted by atomic mass is 10.1. The van der Waals surface area contributed by atoms with Crippen LogP contribution in [0, 0.1) is 0 Å². The van der Waals surface area contributed by atoms with Gasteiger partial charge in [0.25, 0.3) is 5.91 Å². The molecule has 24 heavy (non-hydrogen) atoms. The molecule has 2 rings (SSSR count). The van der Waals surface area contributed by atoms with Crippen molar-refractivity contribution in [1.29, 1.82) is 0 Å². The zero-order valence-electron chi connectivity index (χ0n) is 13.8. The fourth-order valence-corrected chi connectivity index (χ4v) is 3.33. The lowest BCUT2D eigenvalue weighted by molar-refractivity contribution is -0.126. The Morgan fingerprint density at radius 3 is 2.71 bits per heavy atom. The van der Waals surface area contributed by atoms with E-state index in [1.807, 2.05) is 12.1 Å². The molecule has 0 bridgehead atoms. The van der Waals surface area contributed by atoms with Gasteiger partial charge < -0.3 is 15.0 Å². The number of carbonyl (C=O) groups excluding carboxylic acids is 2. The molecule has 1 unspecified atom stereocenters. The normalized spacial score (nSPS) is 15.2. The second-order valence-corrected chi connectivity index (χ2v) is 8.07. The molecular weight excluding hydrogens is 332 g/mol. The van der Waals surface area contributed by atoms with Gasteiger partial charge in [-0.05, 0) is 18.1 Å². The number of hydrogen-bond acceptors (Lipinski definition) is 5. The minimum absolute atomic E-state index is 0.0668. The molecule has 2 amide bonds. The maximum Gasteiger partial charge on any atom is 0.255 e. The first-order valence-corrected chi connectivity index (χ1v) is 9.73. The van der Waals surface area contributed by atoms with Crippen LogP contribution in [0.4, 0.5) is 0 Å². The van der Waals surface area contributed by atoms with E-state index in [1.165, 1.54) is 12.0 Å². The van der Waals surface area contributed by atoms with Crippen molar-refractivity contribution in [2.75, 3.05) is 32.3 Å². The zero-order valence-corrected chi connectivity index (χ0v) is 14.6. The summed E-state index contributed by atoms with van der Waals surface area (Å²) in [6.07, 6.45) is 1.19. The van der Waals surface area contributed by atoms with Gasteiger partial charge >= 0.3 is 0 Å². The molecule has 0 spiro atoms. The van der Waals surface area contributed by atoms with E-state index in [-0.39, 0.29) is 24.0 Å². The highest BCUT2D eigenvalue weighted by atomic mass is 32.2. The van der Waals surface area contributed by atoms with Gasteiger partial charge in [-0.25, -0.2) is 8.42 Å². The summed E-state index contributed by atoms with van der Waals surface area (Å²) < 4.78 is 27.8. The molecule has 1 aliphatic rings. The summed E-state index contributed by atoms with van der Waals surface area (Å²) in [7, 11) is -1.71. The molecule has 1 aromatic carbocycles. The average Bonchev–Trinajstić information content (AvgIpc) is 2.84. The largest absolute Gasteiger partial charge is 0.383 e. The number of hydrogen-bond donors (Lipinski definition) is 1. The van der Waals surface area contributed by atoms with Crippen LogP contribution in [-0.2, 0) is 25.9 Å². The summed E-state index contributed by atoms with van der Waals surface area (Å²) in [6, 6.07) is 6.33. The van der Waals surface area contributed by atoms with E-state index >= 15 is 0 Å². The fraction of sp³-hybridized carbons (Fsp3) is 0.500. The Kier molecular flexibility index (Phi) is 5.95. The lowest BCUT2D eigenvalue weighted by Gasteiger charge is -2.26. The second kappa shape index (κ2) is 7.76. The first-order chi connectivity index (χ1) is 11.3. The van der Waals surface area contributed by atoms with Crippen LogP contribution in [0.25, 0.3) is 0 Å². The van der Waals surface area contributed by atoms with Gasteiger partial charge in [0, 0.05) is 32.0 Å². The molecule has 0 saturated heterocycles. The standard InChI is InChI=1S/C16H22N2O5S/c1-23-9-8-17-15(19)14(7-10-24(2,21)22)18-11-12-5-3-4-6-13(12)16(18)20/h3-6,14H,7-11H2,1-2H3,(H,17,19). The van der Waals surface area contributed by atoms with Crippen molar-refractivity contribution in [3.05, 3.63) is 35.4 Å². The molecule has 1 atom stereocenters. The van der Waals surface area contributed by atoms with Crippen molar-refractivity contribution in [3.8, 4) is 0 Å². The third-order valence-electron chi connectivity index (χ3n) is 3.90. The summed E-state index contributed by atoms with van der Waals surface area (Å²) in [5.74, 6) is -0.766. The van der Waals surface area contributed by atoms with Crippen LogP contribution in [0.5, 0.6) is 0 Å². The Morgan fingerprint density at radius 1 is 1.38 bits per heavy atom. The highest BCUT2D eigenvalue weighted by molar-refractivity contribution is 7.90. The van der Waals surface area contributed by atoms with E-state index in [0.29, 0.717) is 25.3 Å². The van der Waals surface area contributed by atoms with E-state index in [9.17, 15) is 18.0 Å². The molecule has 1 aliphatic heterocycles. The van der Waals surface area contributed by atoms with Crippen molar-refractivity contribution < 1.29 is 22.7 Å². The third-order valence-corrected chi connectivity index (χ3v) is 4.87. The summed E-state index contributed by atoms with van der Waals surface area (Å²) in [6.45, 7) is 0.958. The maximum atomic E-state index is 12.6. The average molecular weight is 354 g/mol. The van der Waals surface area contributed by atoms with Gasteiger partial charge in [-0.1, -0.05) is 18.2 Å². The smallest absolute Gasteiger partial charge is 0.255 e. The number of benzene rings is 1. The van der Waals surface area contributed by atoms with Crippen LogP contribution in [0.15, 0.2) is 24.3 Å². The Balaban J connectivity index is 2.16. The summed E-state index contributed by atoms with van der Waals surface area (Å²) >= 11 is 0. The predicted octanol–water partition coefficient (Wildman–Crippen LogP) is 0.208. The lowest BCUT2D eigenvalue weighted by Crippen LogP contribution is -2.48. The maximum absolute atomic E-state index is 12.6. The van der Waals surface area contributed by atoms with Gasteiger partial charge in [-0.15, -0.1) is 0 Å². The van der Waals surface area contributed by atoms with Crippen LogP contribution in [0.1, 0.15) is 22.3 Å². The van der Waals surface area contributed by atoms with Crippen LogP contribution in [0.3, 0.4) is 0 Å². The minimum Gasteiger partial charge on any atom is -0.383 e. The first-order valence-electron chi connectivity index (χ1n) is 7.66. The summed E-state index contributed by atoms with van der Waals surface area (Å²) in [5, 5.41) is 2.69. The molecule has 0 aromatic heterocycles. The minimum atomic E-state index is -3.23. The summed E-state index contributed by atoms with van der Waals surface area (Å²) in [4.78, 5) is 26.5. The van der Waals surface area contributed by atoms with E-state index in [1.54, 1.807) is 12.1 Å². The first kappa shape index (κ1) is 18.4. The molecule has 0 saturated carbocycles. The molecule has 132 valence electrons. The molecule has 8 heteroatoms. The zero-order chi connectivity index (χ0) is 17.7. The highest BCUT2D eigenvalue weighted by Crippen LogP contribution is 2.25. The van der Waals surface area contributed by atoms with Crippen molar-refractivity contribution in [2.45, 2.75) is 19.0 Å². The predicted molar refractivity (Wildman–Crippen MR) is 89.3 cm³/mol. The number of rotatable bonds is 8. The molecule has 0 aliphatic carbocycles. The Morgan fingerprint density at radius 2 is 2.08 bits per heavy atom. The number of fused-ring (bicyclic) bond motifs is 1. The molecule has 7 nitrogen and oxygen atoms in total. The van der Waals surface area contributed by atoms with Crippen molar-refractivity contribution in [2.24, 2.45) is 0 Å². The Labute approximate surface area is 141 Å². The van der Waals surface area contributed by atoms with Crippen molar-refractivity contribution in [1.82, 2.24) is 10.2 Å². The number of carbonyl (C=O) groups is 2. The number of sulfone groups is 1. The molecule has 1 heterocycles. The van der Waals surface area contributed by atoms with E-state index in [4.69, 9.17) is 4.74 Å². The molecule has 1 N–H and O–H groups in total. The third kappa shape index (κ3) is 4.55. The van der Waals surface area contributed by atoms with E-state index in [0.717, 1.165) is 11.8 Å². The quantitative estimate of drug-likeness (QED) is 0.674. The molecule has 1 aromatic rings. The van der Waals surface area contributed by atoms with Gasteiger partial charge in [0.2, 0.25) is 5.91 Å². The van der Waals surface area contributed by atoms with Gasteiger partial charge in [0.1, 0.15) is 15.9 Å². The van der Waals surface area contributed by atoms with Gasteiger partial charge in [-0.2, -0.15) is 0 Å². The number of nitrogens with zero attached hydrogens (tertiary/aromatic N) is 1. The van der Waals surface area contributed by atoms with E-state index < -0.39 is 15.9 Å². The number of methoxy groups -OCH3 is 1. The number of amides is 2. The SMILES string of the molecule is COCCNC(=O)C(CCS(C)(=O)=O)N1Cc2ccccc2C1=O. The van der Waals surface area contributed by atoms with Gasteiger partial charge in [0.15, 0.2) is 0 Å². The van der Waals surface area contributed by atoms with Gasteiger partial charge in [0.05, 0.1) is 12.4 Å². The van der Waals surface area contributed by atoms with Crippen LogP contribution in [0.2, 0.25) is 0 Å². The van der Waals surface area contributed by atoms with Crippen molar-refractivity contribution >= 4 is 21.7 Å².